The van der Waals surface area contributed by atoms with Gasteiger partial charge in [-0.1, -0.05) is 17.7 Å². The first-order valence-electron chi connectivity index (χ1n) is 4.76. The zero-order valence-electron chi connectivity index (χ0n) is 8.04. The molecule has 0 fully saturated rings. The van der Waals surface area contributed by atoms with Crippen LogP contribution < -0.4 is 0 Å². The zero-order chi connectivity index (χ0) is 10.7. The highest BCUT2D eigenvalue weighted by Crippen LogP contribution is 2.20. The van der Waals surface area contributed by atoms with E-state index in [1.54, 1.807) is 6.07 Å². The molecule has 1 heterocycles. The molecule has 0 amide bonds. The Morgan fingerprint density at radius 1 is 1.60 bits per heavy atom. The lowest BCUT2D eigenvalue weighted by Gasteiger charge is -2.06. The lowest BCUT2D eigenvalue weighted by molar-refractivity contribution is 0.322. The summed E-state index contributed by atoms with van der Waals surface area (Å²) in [6.45, 7) is 0.582. The summed E-state index contributed by atoms with van der Waals surface area (Å²) in [7, 11) is 0. The smallest absolute Gasteiger partial charge is 0.273 e. The molecular formula is C11H10ClFNO. The van der Waals surface area contributed by atoms with E-state index in [0.717, 1.165) is 18.4 Å². The van der Waals surface area contributed by atoms with Gasteiger partial charge in [-0.3, -0.25) is 0 Å². The molecule has 1 radical (unpaired) electrons. The van der Waals surface area contributed by atoms with Crippen molar-refractivity contribution in [3.05, 3.63) is 34.6 Å². The van der Waals surface area contributed by atoms with E-state index in [1.165, 1.54) is 12.1 Å². The Morgan fingerprint density at radius 2 is 2.47 bits per heavy atom. The first-order chi connectivity index (χ1) is 7.25. The molecule has 1 atom stereocenters. The van der Waals surface area contributed by atoms with Crippen molar-refractivity contribution in [1.82, 2.24) is 0 Å². The summed E-state index contributed by atoms with van der Waals surface area (Å²) < 4.78 is 17.6. The van der Waals surface area contributed by atoms with Gasteiger partial charge in [-0.25, -0.2) is 9.38 Å². The van der Waals surface area contributed by atoms with Crippen LogP contribution in [0, 0.1) is 5.82 Å². The maximum atomic E-state index is 12.8. The van der Waals surface area contributed by atoms with E-state index < -0.39 is 0 Å². The Labute approximate surface area is 92.7 Å². The van der Waals surface area contributed by atoms with Crippen LogP contribution in [0.3, 0.4) is 0 Å². The van der Waals surface area contributed by atoms with Crippen molar-refractivity contribution in [2.24, 2.45) is 4.99 Å². The predicted molar refractivity (Wildman–Crippen MR) is 56.9 cm³/mol. The topological polar surface area (TPSA) is 21.6 Å². The molecule has 1 aliphatic rings. The van der Waals surface area contributed by atoms with Crippen LogP contribution in [0.4, 0.5) is 4.39 Å². The van der Waals surface area contributed by atoms with Gasteiger partial charge in [0.2, 0.25) is 0 Å². The van der Waals surface area contributed by atoms with Crippen LogP contribution in [0.15, 0.2) is 23.2 Å². The van der Waals surface area contributed by atoms with Crippen molar-refractivity contribution < 1.29 is 9.13 Å². The number of benzene rings is 1. The summed E-state index contributed by atoms with van der Waals surface area (Å²) in [6, 6.07) is 4.62. The third-order valence-corrected chi connectivity index (χ3v) is 2.69. The van der Waals surface area contributed by atoms with Crippen molar-refractivity contribution in [2.75, 3.05) is 6.61 Å². The predicted octanol–water partition coefficient (Wildman–Crippen LogP) is 2.72. The summed E-state index contributed by atoms with van der Waals surface area (Å²) in [4.78, 5) is 4.01. The molecule has 0 N–H and O–H groups in total. The molecule has 2 rings (SSSR count). The SMILES string of the molecule is Fc1ccc(CCC2CO[C]=N2)c(Cl)c1. The van der Waals surface area contributed by atoms with Gasteiger partial charge in [0, 0.05) is 5.02 Å². The molecule has 0 aromatic heterocycles. The normalized spacial score (nSPS) is 19.2. The summed E-state index contributed by atoms with van der Waals surface area (Å²) in [5, 5.41) is 0.474. The molecule has 0 saturated carbocycles. The van der Waals surface area contributed by atoms with Crippen molar-refractivity contribution in [3.63, 3.8) is 0 Å². The molecule has 1 unspecified atom stereocenters. The average Bonchev–Trinajstić information content (AvgIpc) is 2.69. The summed E-state index contributed by atoms with van der Waals surface area (Å²) in [5.74, 6) is -0.306. The van der Waals surface area contributed by atoms with Gasteiger partial charge in [-0.05, 0) is 30.5 Å². The van der Waals surface area contributed by atoms with E-state index in [1.807, 2.05) is 0 Å². The molecule has 0 saturated heterocycles. The number of nitrogens with zero attached hydrogens (tertiary/aromatic N) is 1. The second kappa shape index (κ2) is 4.62. The number of halogens is 2. The average molecular weight is 227 g/mol. The summed E-state index contributed by atoms with van der Waals surface area (Å²) in [5.41, 5.74) is 0.945. The van der Waals surface area contributed by atoms with Crippen LogP contribution in [0.5, 0.6) is 0 Å². The molecule has 15 heavy (non-hydrogen) atoms. The molecule has 0 bridgehead atoms. The van der Waals surface area contributed by atoms with Gasteiger partial charge in [0.1, 0.15) is 12.4 Å². The van der Waals surface area contributed by atoms with Gasteiger partial charge in [0.15, 0.2) is 0 Å². The van der Waals surface area contributed by atoms with Crippen LogP contribution in [0.25, 0.3) is 0 Å². The Kier molecular flexibility index (Phi) is 3.21. The zero-order valence-corrected chi connectivity index (χ0v) is 8.80. The van der Waals surface area contributed by atoms with E-state index in [2.05, 4.69) is 11.4 Å². The minimum atomic E-state index is -0.306. The molecule has 1 aliphatic heterocycles. The van der Waals surface area contributed by atoms with Gasteiger partial charge in [0.25, 0.3) is 6.40 Å². The Bertz CT molecular complexity index is 381. The number of rotatable bonds is 3. The van der Waals surface area contributed by atoms with E-state index in [4.69, 9.17) is 16.3 Å². The fraction of sp³-hybridized carbons (Fsp3) is 0.364. The number of ether oxygens (including phenoxy) is 1. The second-order valence-corrected chi connectivity index (χ2v) is 3.87. The van der Waals surface area contributed by atoms with Gasteiger partial charge >= 0.3 is 0 Å². The summed E-state index contributed by atoms with van der Waals surface area (Å²) >= 11 is 5.90. The lowest BCUT2D eigenvalue weighted by Crippen LogP contribution is -2.07. The monoisotopic (exact) mass is 226 g/mol. The second-order valence-electron chi connectivity index (χ2n) is 3.46. The van der Waals surface area contributed by atoms with Gasteiger partial charge < -0.3 is 4.74 Å². The molecular weight excluding hydrogens is 217 g/mol. The van der Waals surface area contributed by atoms with Crippen LogP contribution in [0.2, 0.25) is 5.02 Å². The third kappa shape index (κ3) is 2.69. The van der Waals surface area contributed by atoms with Crippen LogP contribution in [-0.4, -0.2) is 19.0 Å². The highest BCUT2D eigenvalue weighted by molar-refractivity contribution is 6.31. The van der Waals surface area contributed by atoms with E-state index in [0.29, 0.717) is 11.6 Å². The lowest BCUT2D eigenvalue weighted by atomic mass is 10.1. The first-order valence-corrected chi connectivity index (χ1v) is 5.14. The molecule has 4 heteroatoms. The van der Waals surface area contributed by atoms with Crippen molar-refractivity contribution >= 4 is 18.0 Å². The third-order valence-electron chi connectivity index (χ3n) is 2.34. The van der Waals surface area contributed by atoms with Crippen LogP contribution >= 0.6 is 11.6 Å². The maximum absolute atomic E-state index is 12.8. The first kappa shape index (κ1) is 10.4. The molecule has 1 aromatic carbocycles. The van der Waals surface area contributed by atoms with E-state index in [-0.39, 0.29) is 11.9 Å². The fourth-order valence-corrected chi connectivity index (χ4v) is 1.74. The van der Waals surface area contributed by atoms with Crippen molar-refractivity contribution in [1.29, 1.82) is 0 Å². The Morgan fingerprint density at radius 3 is 3.13 bits per heavy atom. The molecule has 0 spiro atoms. The molecule has 0 aliphatic carbocycles. The molecule has 79 valence electrons. The summed E-state index contributed by atoms with van der Waals surface area (Å²) in [6.07, 6.45) is 4.09. The van der Waals surface area contributed by atoms with E-state index in [9.17, 15) is 4.39 Å². The standard InChI is InChI=1S/C11H10ClFNO/c12-11-5-9(13)3-1-8(11)2-4-10-6-15-7-14-10/h1,3,5,10H,2,4,6H2. The highest BCUT2D eigenvalue weighted by Gasteiger charge is 2.13. The van der Waals surface area contributed by atoms with Crippen LogP contribution in [0.1, 0.15) is 12.0 Å². The number of hydrogen-bond acceptors (Lipinski definition) is 2. The largest absolute Gasteiger partial charge is 0.472 e. The molecule has 1 aromatic rings. The van der Waals surface area contributed by atoms with Gasteiger partial charge in [-0.2, -0.15) is 0 Å². The number of aryl methyl sites for hydroxylation is 1. The van der Waals surface area contributed by atoms with E-state index >= 15 is 0 Å². The minimum Gasteiger partial charge on any atom is -0.472 e. The van der Waals surface area contributed by atoms with Crippen molar-refractivity contribution in [3.8, 4) is 0 Å². The number of aliphatic imine (C=N–C) groups is 1. The van der Waals surface area contributed by atoms with Gasteiger partial charge in [-0.15, -0.1) is 0 Å². The Balaban J connectivity index is 1.95. The minimum absolute atomic E-state index is 0.158. The highest BCUT2D eigenvalue weighted by atomic mass is 35.5. The number of hydrogen-bond donors (Lipinski definition) is 0. The van der Waals surface area contributed by atoms with Crippen molar-refractivity contribution in [2.45, 2.75) is 18.9 Å². The van der Waals surface area contributed by atoms with Gasteiger partial charge in [0.05, 0.1) is 6.04 Å². The quantitative estimate of drug-likeness (QED) is 0.777. The maximum Gasteiger partial charge on any atom is 0.273 e. The Hall–Kier alpha value is -1.09. The molecule has 2 nitrogen and oxygen atoms in total. The van der Waals surface area contributed by atoms with Crippen LogP contribution in [-0.2, 0) is 11.2 Å². The fourth-order valence-electron chi connectivity index (χ4n) is 1.48.